The highest BCUT2D eigenvalue weighted by molar-refractivity contribution is 5.89. The molecule has 6 heteroatoms. The average molecular weight is 304 g/mol. The minimum absolute atomic E-state index is 0.0976. The van der Waals surface area contributed by atoms with Gasteiger partial charge in [0, 0.05) is 30.2 Å². The third kappa shape index (κ3) is 2.29. The van der Waals surface area contributed by atoms with Crippen LogP contribution in [0, 0.1) is 0 Å². The van der Waals surface area contributed by atoms with Crippen LogP contribution in [0.25, 0.3) is 11.0 Å². The van der Waals surface area contributed by atoms with Gasteiger partial charge < -0.3 is 24.5 Å². The Kier molecular flexibility index (Phi) is 3.70. The molecule has 1 aromatic heterocycles. The number of anilines is 1. The smallest absolute Gasteiger partial charge is 0.198 e. The molecule has 2 N–H and O–H groups in total. The molecule has 6 nitrogen and oxygen atoms in total. The van der Waals surface area contributed by atoms with E-state index in [-0.39, 0.29) is 17.2 Å². The molecule has 1 saturated heterocycles. The summed E-state index contributed by atoms with van der Waals surface area (Å²) in [7, 11) is 5.20. The average Bonchev–Trinajstić information content (AvgIpc) is 2.91. The van der Waals surface area contributed by atoms with Crippen molar-refractivity contribution in [3.8, 4) is 11.5 Å². The molecule has 0 amide bonds. The van der Waals surface area contributed by atoms with E-state index in [9.17, 15) is 4.79 Å². The van der Waals surface area contributed by atoms with Crippen LogP contribution in [0.5, 0.6) is 11.5 Å². The van der Waals surface area contributed by atoms with Crippen LogP contribution in [-0.2, 0) is 0 Å². The van der Waals surface area contributed by atoms with Crippen LogP contribution < -0.4 is 20.6 Å². The van der Waals surface area contributed by atoms with Crippen molar-refractivity contribution < 1.29 is 13.9 Å². The number of ether oxygens (including phenoxy) is 2. The van der Waals surface area contributed by atoms with Crippen molar-refractivity contribution in [1.29, 1.82) is 0 Å². The maximum atomic E-state index is 12.3. The SMILES string of the molecule is COc1cc(OC)c2c(=O)cc(N)oc2c1C1CCN(C)C1. The lowest BCUT2D eigenvalue weighted by atomic mass is 9.94. The normalized spacial score (nSPS) is 18.8. The number of fused-ring (bicyclic) bond motifs is 1. The zero-order chi connectivity index (χ0) is 15.9. The molecule has 0 saturated carbocycles. The lowest BCUT2D eigenvalue weighted by Gasteiger charge is -2.18. The van der Waals surface area contributed by atoms with Crippen LogP contribution in [0.1, 0.15) is 17.9 Å². The number of nitrogens with zero attached hydrogens (tertiary/aromatic N) is 1. The van der Waals surface area contributed by atoms with Gasteiger partial charge in [0.2, 0.25) is 0 Å². The number of hydrogen-bond donors (Lipinski definition) is 1. The summed E-state index contributed by atoms with van der Waals surface area (Å²) in [6.45, 7) is 1.88. The van der Waals surface area contributed by atoms with E-state index in [4.69, 9.17) is 19.6 Å². The topological polar surface area (TPSA) is 77.9 Å². The van der Waals surface area contributed by atoms with Crippen molar-refractivity contribution in [3.63, 3.8) is 0 Å². The molecule has 1 fully saturated rings. The quantitative estimate of drug-likeness (QED) is 0.932. The van der Waals surface area contributed by atoms with Gasteiger partial charge in [-0.3, -0.25) is 4.79 Å². The van der Waals surface area contributed by atoms with E-state index in [0.717, 1.165) is 25.1 Å². The highest BCUT2D eigenvalue weighted by atomic mass is 16.5. The summed E-state index contributed by atoms with van der Waals surface area (Å²) < 4.78 is 16.6. The van der Waals surface area contributed by atoms with E-state index < -0.39 is 0 Å². The number of likely N-dealkylation sites (tertiary alicyclic amines) is 1. The summed E-state index contributed by atoms with van der Waals surface area (Å²) in [5.41, 5.74) is 6.91. The molecule has 2 aromatic rings. The van der Waals surface area contributed by atoms with Crippen molar-refractivity contribution >= 4 is 16.9 Å². The number of methoxy groups -OCH3 is 2. The predicted molar refractivity (Wildman–Crippen MR) is 84.9 cm³/mol. The molecular weight excluding hydrogens is 284 g/mol. The fraction of sp³-hybridized carbons (Fsp3) is 0.438. The molecule has 1 unspecified atom stereocenters. The highest BCUT2D eigenvalue weighted by Gasteiger charge is 2.29. The van der Waals surface area contributed by atoms with Crippen molar-refractivity contribution in [2.24, 2.45) is 0 Å². The molecule has 3 rings (SSSR count). The maximum Gasteiger partial charge on any atom is 0.198 e. The number of benzene rings is 1. The first-order chi connectivity index (χ1) is 10.5. The lowest BCUT2D eigenvalue weighted by molar-refractivity contribution is 0.385. The van der Waals surface area contributed by atoms with Gasteiger partial charge in [-0.1, -0.05) is 0 Å². The molecule has 118 valence electrons. The molecule has 2 heterocycles. The van der Waals surface area contributed by atoms with Gasteiger partial charge >= 0.3 is 0 Å². The minimum atomic E-state index is -0.203. The van der Waals surface area contributed by atoms with E-state index in [1.54, 1.807) is 13.2 Å². The highest BCUT2D eigenvalue weighted by Crippen LogP contribution is 2.42. The number of nitrogen functional groups attached to an aromatic ring is 1. The monoisotopic (exact) mass is 304 g/mol. The van der Waals surface area contributed by atoms with Crippen molar-refractivity contribution in [2.45, 2.75) is 12.3 Å². The zero-order valence-corrected chi connectivity index (χ0v) is 13.0. The van der Waals surface area contributed by atoms with Gasteiger partial charge in [0.05, 0.1) is 14.2 Å². The Hall–Kier alpha value is -2.21. The third-order valence-corrected chi connectivity index (χ3v) is 4.22. The van der Waals surface area contributed by atoms with Crippen LogP contribution >= 0.6 is 0 Å². The molecule has 1 aromatic carbocycles. The molecule has 0 radical (unpaired) electrons. The van der Waals surface area contributed by atoms with Crippen LogP contribution in [0.2, 0.25) is 0 Å². The Balaban J connectivity index is 2.35. The number of rotatable bonds is 3. The van der Waals surface area contributed by atoms with Crippen molar-refractivity contribution in [3.05, 3.63) is 27.9 Å². The summed E-state index contributed by atoms with van der Waals surface area (Å²) in [6, 6.07) is 3.03. The number of hydrogen-bond acceptors (Lipinski definition) is 6. The number of nitrogens with two attached hydrogens (primary N) is 1. The maximum absolute atomic E-state index is 12.3. The van der Waals surface area contributed by atoms with Crippen molar-refractivity contribution in [2.75, 3.05) is 40.1 Å². The Labute approximate surface area is 128 Å². The molecule has 1 aliphatic rings. The molecule has 1 aliphatic heterocycles. The first-order valence-electron chi connectivity index (χ1n) is 7.22. The first-order valence-corrected chi connectivity index (χ1v) is 7.22. The fourth-order valence-corrected chi connectivity index (χ4v) is 3.20. The first kappa shape index (κ1) is 14.7. The molecular formula is C16H20N2O4. The van der Waals surface area contributed by atoms with Gasteiger partial charge in [-0.25, -0.2) is 0 Å². The summed E-state index contributed by atoms with van der Waals surface area (Å²) in [6.07, 6.45) is 0.979. The van der Waals surface area contributed by atoms with E-state index in [1.165, 1.54) is 13.2 Å². The van der Waals surface area contributed by atoms with Gasteiger partial charge in [0.1, 0.15) is 16.9 Å². The van der Waals surface area contributed by atoms with E-state index in [2.05, 4.69) is 11.9 Å². The van der Waals surface area contributed by atoms with Crippen LogP contribution in [0.3, 0.4) is 0 Å². The van der Waals surface area contributed by atoms with Crippen LogP contribution in [0.15, 0.2) is 21.3 Å². The van der Waals surface area contributed by atoms with Gasteiger partial charge in [0.15, 0.2) is 16.9 Å². The molecule has 0 aliphatic carbocycles. The number of likely N-dealkylation sites (N-methyl/N-ethyl adjacent to an activating group) is 1. The van der Waals surface area contributed by atoms with Crippen molar-refractivity contribution in [1.82, 2.24) is 4.90 Å². The molecule has 22 heavy (non-hydrogen) atoms. The summed E-state index contributed by atoms with van der Waals surface area (Å²) in [5.74, 6) is 1.44. The van der Waals surface area contributed by atoms with E-state index >= 15 is 0 Å². The van der Waals surface area contributed by atoms with Crippen LogP contribution in [-0.4, -0.2) is 39.3 Å². The van der Waals surface area contributed by atoms with E-state index in [0.29, 0.717) is 22.5 Å². The van der Waals surface area contributed by atoms with E-state index in [1.807, 2.05) is 0 Å². The predicted octanol–water partition coefficient (Wildman–Crippen LogP) is 1.81. The molecule has 0 spiro atoms. The summed E-state index contributed by atoms with van der Waals surface area (Å²) in [5, 5.41) is 0.419. The second-order valence-electron chi connectivity index (χ2n) is 5.66. The summed E-state index contributed by atoms with van der Waals surface area (Å²) >= 11 is 0. The minimum Gasteiger partial charge on any atom is -0.496 e. The Morgan fingerprint density at radius 2 is 2.00 bits per heavy atom. The standard InChI is InChI=1S/C16H20N2O4/c1-18-5-4-9(8-18)14-11(20-2)7-12(21-3)15-10(19)6-13(17)22-16(14)15/h6-7,9H,4-5,8,17H2,1-3H3. The van der Waals surface area contributed by atoms with Gasteiger partial charge in [-0.15, -0.1) is 0 Å². The van der Waals surface area contributed by atoms with Gasteiger partial charge in [0.25, 0.3) is 0 Å². The van der Waals surface area contributed by atoms with Gasteiger partial charge in [-0.2, -0.15) is 0 Å². The largest absolute Gasteiger partial charge is 0.496 e. The fourth-order valence-electron chi connectivity index (χ4n) is 3.20. The Morgan fingerprint density at radius 1 is 1.27 bits per heavy atom. The Morgan fingerprint density at radius 3 is 2.59 bits per heavy atom. The second kappa shape index (κ2) is 5.53. The molecule has 0 bridgehead atoms. The van der Waals surface area contributed by atoms with Gasteiger partial charge in [-0.05, 0) is 20.0 Å². The summed E-state index contributed by atoms with van der Waals surface area (Å²) in [4.78, 5) is 14.6. The second-order valence-corrected chi connectivity index (χ2v) is 5.66. The Bertz CT molecular complexity index is 769. The van der Waals surface area contributed by atoms with Crippen LogP contribution in [0.4, 0.5) is 5.88 Å². The zero-order valence-electron chi connectivity index (χ0n) is 13.0. The third-order valence-electron chi connectivity index (χ3n) is 4.22. The lowest BCUT2D eigenvalue weighted by Crippen LogP contribution is -2.14. The molecule has 1 atom stereocenters.